The third kappa shape index (κ3) is 56.5. The zero-order valence-corrected chi connectivity index (χ0v) is 47.1. The van der Waals surface area contributed by atoms with Gasteiger partial charge in [0.15, 0.2) is 6.10 Å². The summed E-state index contributed by atoms with van der Waals surface area (Å²) in [7, 11) is 0. The van der Waals surface area contributed by atoms with Crippen molar-refractivity contribution < 1.29 is 28.6 Å². The molecule has 0 heterocycles. The summed E-state index contributed by atoms with van der Waals surface area (Å²) in [6, 6.07) is 0. The Morgan fingerprint density at radius 3 is 0.829 bits per heavy atom. The molecule has 70 heavy (non-hydrogen) atoms. The Hall–Kier alpha value is -2.37. The maximum atomic E-state index is 12.9. The fourth-order valence-corrected chi connectivity index (χ4v) is 9.18. The molecule has 0 aromatic carbocycles. The maximum absolute atomic E-state index is 12.9. The number of ether oxygens (including phenoxy) is 3. The van der Waals surface area contributed by atoms with Crippen LogP contribution in [-0.2, 0) is 28.6 Å². The molecule has 0 aromatic heterocycles. The molecule has 0 aromatic rings. The Balaban J connectivity index is 4.34. The Morgan fingerprint density at radius 1 is 0.286 bits per heavy atom. The number of esters is 3. The lowest BCUT2D eigenvalue weighted by Gasteiger charge is -2.18. The molecule has 0 aliphatic carbocycles. The van der Waals surface area contributed by atoms with E-state index >= 15 is 0 Å². The van der Waals surface area contributed by atoms with Gasteiger partial charge >= 0.3 is 17.9 Å². The topological polar surface area (TPSA) is 78.9 Å². The number of carbonyl (C=O) groups excluding carboxylic acids is 3. The Kier molecular flexibility index (Phi) is 57.2. The van der Waals surface area contributed by atoms with Crippen molar-refractivity contribution in [2.24, 2.45) is 0 Å². The van der Waals surface area contributed by atoms with Gasteiger partial charge in [-0.3, -0.25) is 14.4 Å². The van der Waals surface area contributed by atoms with Crippen LogP contribution in [0.1, 0.15) is 335 Å². The van der Waals surface area contributed by atoms with Crippen LogP contribution in [0.4, 0.5) is 0 Å². The molecule has 0 fully saturated rings. The van der Waals surface area contributed by atoms with Gasteiger partial charge in [-0.15, -0.1) is 0 Å². The van der Waals surface area contributed by atoms with Gasteiger partial charge in [-0.05, 0) is 77.0 Å². The maximum Gasteiger partial charge on any atom is 0.306 e. The molecular weight excluding hydrogens is 865 g/mol. The first-order chi connectivity index (χ1) is 34.5. The molecule has 0 amide bonds. The van der Waals surface area contributed by atoms with Crippen LogP contribution in [0.25, 0.3) is 0 Å². The van der Waals surface area contributed by atoms with E-state index in [0.717, 1.165) is 70.6 Å². The lowest BCUT2D eigenvalue weighted by atomic mass is 10.0. The largest absolute Gasteiger partial charge is 0.462 e. The highest BCUT2D eigenvalue weighted by Gasteiger charge is 2.19. The average Bonchev–Trinajstić information content (AvgIpc) is 3.36. The Bertz CT molecular complexity index is 1170. The van der Waals surface area contributed by atoms with Crippen molar-refractivity contribution in [3.8, 4) is 0 Å². The predicted octanol–water partition coefficient (Wildman–Crippen LogP) is 20.8. The van der Waals surface area contributed by atoms with Crippen molar-refractivity contribution in [2.75, 3.05) is 13.2 Å². The fourth-order valence-electron chi connectivity index (χ4n) is 9.18. The van der Waals surface area contributed by atoms with E-state index in [1.54, 1.807) is 0 Å². The van der Waals surface area contributed by atoms with Gasteiger partial charge in [0.1, 0.15) is 13.2 Å². The summed E-state index contributed by atoms with van der Waals surface area (Å²) in [5, 5.41) is 0. The van der Waals surface area contributed by atoms with Crippen LogP contribution in [-0.4, -0.2) is 37.2 Å². The third-order valence-electron chi connectivity index (χ3n) is 13.9. The Labute approximate surface area is 435 Å². The van der Waals surface area contributed by atoms with Crippen LogP contribution in [0.3, 0.4) is 0 Å². The number of unbranched alkanes of at least 4 members (excludes halogenated alkanes) is 40. The van der Waals surface area contributed by atoms with Gasteiger partial charge in [-0.25, -0.2) is 0 Å². The van der Waals surface area contributed by atoms with Crippen molar-refractivity contribution in [3.63, 3.8) is 0 Å². The van der Waals surface area contributed by atoms with E-state index in [0.29, 0.717) is 19.3 Å². The van der Waals surface area contributed by atoms with E-state index in [2.05, 4.69) is 57.2 Å². The first-order valence-corrected chi connectivity index (χ1v) is 31.0. The molecule has 0 N–H and O–H groups in total. The zero-order chi connectivity index (χ0) is 50.7. The van der Waals surface area contributed by atoms with Crippen molar-refractivity contribution in [1.29, 1.82) is 0 Å². The second-order valence-electron chi connectivity index (χ2n) is 21.0. The van der Waals surface area contributed by atoms with Crippen molar-refractivity contribution in [3.05, 3.63) is 36.5 Å². The number of allylic oxidation sites excluding steroid dienone is 6. The highest BCUT2D eigenvalue weighted by Crippen LogP contribution is 2.17. The van der Waals surface area contributed by atoms with Gasteiger partial charge in [0.2, 0.25) is 0 Å². The lowest BCUT2D eigenvalue weighted by molar-refractivity contribution is -0.167. The third-order valence-corrected chi connectivity index (χ3v) is 13.9. The van der Waals surface area contributed by atoms with E-state index < -0.39 is 6.10 Å². The van der Waals surface area contributed by atoms with Crippen molar-refractivity contribution in [2.45, 2.75) is 341 Å². The molecule has 0 aliphatic rings. The van der Waals surface area contributed by atoms with Crippen molar-refractivity contribution in [1.82, 2.24) is 0 Å². The number of carbonyl (C=O) groups is 3. The van der Waals surface area contributed by atoms with E-state index in [1.807, 2.05) is 0 Å². The molecule has 6 heteroatoms. The summed E-state index contributed by atoms with van der Waals surface area (Å²) in [6.45, 7) is 6.66. The normalized spacial score (nSPS) is 12.2. The minimum atomic E-state index is -0.775. The summed E-state index contributed by atoms with van der Waals surface area (Å²) in [5.41, 5.74) is 0. The fraction of sp³-hybridized carbons (Fsp3) is 0.859. The quantitative estimate of drug-likeness (QED) is 0.0261. The summed E-state index contributed by atoms with van der Waals surface area (Å²) in [6.07, 6.45) is 71.3. The van der Waals surface area contributed by atoms with Crippen LogP contribution < -0.4 is 0 Å². The highest BCUT2D eigenvalue weighted by molar-refractivity contribution is 5.71. The molecule has 0 rings (SSSR count). The molecule has 1 atom stereocenters. The first-order valence-electron chi connectivity index (χ1n) is 31.0. The summed E-state index contributed by atoms with van der Waals surface area (Å²) in [5.74, 6) is -0.860. The van der Waals surface area contributed by atoms with Gasteiger partial charge in [0.05, 0.1) is 0 Å². The summed E-state index contributed by atoms with van der Waals surface area (Å²) >= 11 is 0. The van der Waals surface area contributed by atoms with Gasteiger partial charge in [0, 0.05) is 19.3 Å². The molecule has 0 saturated carbocycles. The average molecular weight is 984 g/mol. The summed E-state index contributed by atoms with van der Waals surface area (Å²) < 4.78 is 16.9. The van der Waals surface area contributed by atoms with E-state index in [4.69, 9.17) is 14.2 Å². The molecular formula is C64H118O6. The molecule has 0 saturated heterocycles. The van der Waals surface area contributed by atoms with Crippen LogP contribution in [0.2, 0.25) is 0 Å². The van der Waals surface area contributed by atoms with E-state index in [-0.39, 0.29) is 31.1 Å². The molecule has 6 nitrogen and oxygen atoms in total. The number of rotatable bonds is 57. The molecule has 0 spiro atoms. The van der Waals surface area contributed by atoms with Crippen molar-refractivity contribution >= 4 is 17.9 Å². The second kappa shape index (κ2) is 59.2. The van der Waals surface area contributed by atoms with Gasteiger partial charge < -0.3 is 14.2 Å². The van der Waals surface area contributed by atoms with E-state index in [1.165, 1.54) is 225 Å². The highest BCUT2D eigenvalue weighted by atomic mass is 16.6. The van der Waals surface area contributed by atoms with Crippen LogP contribution in [0, 0.1) is 0 Å². The molecule has 0 aliphatic heterocycles. The number of hydrogen-bond acceptors (Lipinski definition) is 6. The van der Waals surface area contributed by atoms with E-state index in [9.17, 15) is 14.4 Å². The molecule has 410 valence electrons. The number of hydrogen-bond donors (Lipinski definition) is 0. The monoisotopic (exact) mass is 983 g/mol. The van der Waals surface area contributed by atoms with Gasteiger partial charge in [0.25, 0.3) is 0 Å². The minimum absolute atomic E-state index is 0.0718. The summed E-state index contributed by atoms with van der Waals surface area (Å²) in [4.78, 5) is 38.3. The predicted molar refractivity (Wildman–Crippen MR) is 302 cm³/mol. The van der Waals surface area contributed by atoms with Crippen LogP contribution >= 0.6 is 0 Å². The van der Waals surface area contributed by atoms with Gasteiger partial charge in [-0.2, -0.15) is 0 Å². The first kappa shape index (κ1) is 67.6. The molecule has 0 bridgehead atoms. The standard InChI is InChI=1S/C64H118O6/c1-4-7-10-13-16-19-22-25-28-31-32-34-36-39-42-45-48-51-54-57-63(66)69-60-61(59-68-62(65)56-53-50-47-44-41-38-35-30-27-24-21-18-15-12-9-6-3)70-64(67)58-55-52-49-46-43-40-37-33-29-26-23-20-17-14-11-8-5-2/h17,20,25-26,28-29,61H,4-16,18-19,21-24,27,30-60H2,1-3H3/b20-17-,28-25-,29-26-. The smallest absolute Gasteiger partial charge is 0.306 e. The van der Waals surface area contributed by atoms with Crippen LogP contribution in [0.15, 0.2) is 36.5 Å². The Morgan fingerprint density at radius 2 is 0.514 bits per heavy atom. The van der Waals surface area contributed by atoms with Gasteiger partial charge in [-0.1, -0.05) is 276 Å². The lowest BCUT2D eigenvalue weighted by Crippen LogP contribution is -2.30. The molecule has 1 unspecified atom stereocenters. The zero-order valence-electron chi connectivity index (χ0n) is 47.1. The van der Waals surface area contributed by atoms with Crippen LogP contribution in [0.5, 0.6) is 0 Å². The molecule has 0 radical (unpaired) electrons. The SMILES string of the molecule is CCCCC/C=C\C/C=C\CCCCCCCCCC(=O)OC(COC(=O)CCCCCCCCCCC/C=C\CCCCCCCC)COC(=O)CCCCCCCCCCCCCCCCCC. The minimum Gasteiger partial charge on any atom is -0.462 e. The second-order valence-corrected chi connectivity index (χ2v) is 21.0.